The molecule has 0 unspecified atom stereocenters. The summed E-state index contributed by atoms with van der Waals surface area (Å²) in [6.45, 7) is 11.3. The number of carbonyl (C=O) groups excluding carboxylic acids is 1. The number of morpholine rings is 2. The number of rotatable bonds is 8. The number of aromatic nitrogens is 3. The number of hydroxylamine groups is 1. The normalized spacial score (nSPS) is 16.8. The number of nitrogens with zero attached hydrogens (tertiary/aromatic N) is 5. The van der Waals surface area contributed by atoms with Gasteiger partial charge in [-0.1, -0.05) is 0 Å². The summed E-state index contributed by atoms with van der Waals surface area (Å²) < 4.78 is 11.0. The van der Waals surface area contributed by atoms with E-state index in [-0.39, 0.29) is 11.6 Å². The smallest absolute Gasteiger partial charge is 0.274 e. The third-order valence-corrected chi connectivity index (χ3v) is 6.99. The van der Waals surface area contributed by atoms with Crippen molar-refractivity contribution < 1.29 is 19.1 Å². The van der Waals surface area contributed by atoms with Crippen molar-refractivity contribution in [2.45, 2.75) is 13.8 Å². The number of ether oxygens (including phenoxy) is 2. The maximum Gasteiger partial charge on any atom is 0.274 e. The number of nitrogens with one attached hydrogen (secondary N) is 2. The van der Waals surface area contributed by atoms with Crippen molar-refractivity contribution in [3.05, 3.63) is 41.2 Å². The topological polar surface area (TPSA) is 108 Å². The standard InChI is InChI=1S/C26H35N7O4/c1-18-19(2)27-22-5-4-20(16-21(18)22)28-25(34)23-17-24(30-26(29-23)32-10-14-37-15-11-32)33(35-3)7-6-31-8-12-36-13-9-31/h4-5,16-17,27H,6-15H2,1-3H3,(H,28,34). The molecule has 4 heterocycles. The van der Waals surface area contributed by atoms with Crippen LogP contribution in [0.3, 0.4) is 0 Å². The highest BCUT2D eigenvalue weighted by atomic mass is 16.7. The minimum atomic E-state index is -0.299. The molecule has 2 aliphatic heterocycles. The minimum Gasteiger partial charge on any atom is -0.379 e. The molecular formula is C26H35N7O4. The first-order chi connectivity index (χ1) is 18.0. The second-order valence-corrected chi connectivity index (χ2v) is 9.34. The molecule has 1 aromatic carbocycles. The molecule has 2 aromatic heterocycles. The monoisotopic (exact) mass is 509 g/mol. The highest BCUT2D eigenvalue weighted by Crippen LogP contribution is 2.25. The number of anilines is 3. The molecular weight excluding hydrogens is 474 g/mol. The molecule has 5 rings (SSSR count). The Labute approximate surface area is 216 Å². The van der Waals surface area contributed by atoms with Gasteiger partial charge in [0.15, 0.2) is 5.82 Å². The summed E-state index contributed by atoms with van der Waals surface area (Å²) >= 11 is 0. The van der Waals surface area contributed by atoms with Crippen LogP contribution in [0.15, 0.2) is 24.3 Å². The largest absolute Gasteiger partial charge is 0.379 e. The molecule has 0 radical (unpaired) electrons. The molecule has 11 nitrogen and oxygen atoms in total. The quantitative estimate of drug-likeness (QED) is 0.443. The van der Waals surface area contributed by atoms with Crippen LogP contribution in [0.2, 0.25) is 0 Å². The molecule has 2 aliphatic rings. The van der Waals surface area contributed by atoms with Crippen LogP contribution < -0.4 is 15.3 Å². The maximum atomic E-state index is 13.4. The lowest BCUT2D eigenvalue weighted by atomic mass is 10.1. The fourth-order valence-corrected chi connectivity index (χ4v) is 4.66. The van der Waals surface area contributed by atoms with Crippen molar-refractivity contribution in [3.63, 3.8) is 0 Å². The van der Waals surface area contributed by atoms with Gasteiger partial charge in [0.05, 0.1) is 40.1 Å². The Bertz CT molecular complexity index is 1240. The Balaban J connectivity index is 1.40. The van der Waals surface area contributed by atoms with Crippen molar-refractivity contribution in [1.29, 1.82) is 0 Å². The molecule has 1 amide bonds. The average molecular weight is 510 g/mol. The van der Waals surface area contributed by atoms with Gasteiger partial charge in [-0.3, -0.25) is 14.5 Å². The highest BCUT2D eigenvalue weighted by molar-refractivity contribution is 6.04. The number of hydrogen-bond donors (Lipinski definition) is 2. The number of hydrogen-bond acceptors (Lipinski definition) is 9. The minimum absolute atomic E-state index is 0.280. The van der Waals surface area contributed by atoms with Gasteiger partial charge in [0.1, 0.15) is 5.69 Å². The highest BCUT2D eigenvalue weighted by Gasteiger charge is 2.22. The molecule has 11 heteroatoms. The van der Waals surface area contributed by atoms with E-state index in [1.807, 2.05) is 30.0 Å². The van der Waals surface area contributed by atoms with Gasteiger partial charge in [-0.05, 0) is 37.6 Å². The van der Waals surface area contributed by atoms with Gasteiger partial charge in [0.2, 0.25) is 5.95 Å². The van der Waals surface area contributed by atoms with Crippen molar-refractivity contribution in [1.82, 2.24) is 19.9 Å². The van der Waals surface area contributed by atoms with Crippen LogP contribution in [-0.2, 0) is 14.3 Å². The van der Waals surface area contributed by atoms with E-state index in [4.69, 9.17) is 19.3 Å². The second kappa shape index (κ2) is 11.4. The van der Waals surface area contributed by atoms with Crippen LogP contribution in [0.1, 0.15) is 21.7 Å². The first-order valence-corrected chi connectivity index (χ1v) is 12.8. The number of carbonyl (C=O) groups is 1. The van der Waals surface area contributed by atoms with E-state index in [1.165, 1.54) is 5.56 Å². The van der Waals surface area contributed by atoms with Gasteiger partial charge in [-0.15, -0.1) is 0 Å². The zero-order valence-corrected chi connectivity index (χ0v) is 21.7. The van der Waals surface area contributed by atoms with Crippen molar-refractivity contribution in [2.75, 3.05) is 88.1 Å². The summed E-state index contributed by atoms with van der Waals surface area (Å²) in [6, 6.07) is 7.55. The fourth-order valence-electron chi connectivity index (χ4n) is 4.66. The second-order valence-electron chi connectivity index (χ2n) is 9.34. The Morgan fingerprint density at radius 1 is 1.08 bits per heavy atom. The Morgan fingerprint density at radius 3 is 2.54 bits per heavy atom. The number of H-pyrrole nitrogens is 1. The van der Waals surface area contributed by atoms with E-state index < -0.39 is 0 Å². The molecule has 0 atom stereocenters. The first kappa shape index (κ1) is 25.4. The Hall–Kier alpha value is -3.25. The summed E-state index contributed by atoms with van der Waals surface area (Å²) in [4.78, 5) is 36.2. The third kappa shape index (κ3) is 5.85. The van der Waals surface area contributed by atoms with Crippen LogP contribution in [0.5, 0.6) is 0 Å². The average Bonchev–Trinajstić information content (AvgIpc) is 3.22. The van der Waals surface area contributed by atoms with Crippen LogP contribution in [-0.4, -0.2) is 98.6 Å². The Kier molecular flexibility index (Phi) is 7.85. The van der Waals surface area contributed by atoms with Crippen molar-refractivity contribution in [2.24, 2.45) is 0 Å². The lowest BCUT2D eigenvalue weighted by molar-refractivity contribution is 0.0350. The van der Waals surface area contributed by atoms with Crippen LogP contribution >= 0.6 is 0 Å². The number of benzene rings is 1. The van der Waals surface area contributed by atoms with E-state index >= 15 is 0 Å². The lowest BCUT2D eigenvalue weighted by Gasteiger charge is -2.30. The van der Waals surface area contributed by atoms with E-state index in [9.17, 15) is 4.79 Å². The molecule has 2 saturated heterocycles. The van der Waals surface area contributed by atoms with Crippen molar-refractivity contribution >= 4 is 34.3 Å². The molecule has 2 N–H and O–H groups in total. The predicted molar refractivity (Wildman–Crippen MR) is 142 cm³/mol. The summed E-state index contributed by atoms with van der Waals surface area (Å²) in [5.74, 6) is 0.739. The van der Waals surface area contributed by atoms with Gasteiger partial charge in [-0.25, -0.2) is 10.0 Å². The van der Waals surface area contributed by atoms with Crippen LogP contribution in [0, 0.1) is 13.8 Å². The van der Waals surface area contributed by atoms with E-state index in [1.54, 1.807) is 18.2 Å². The molecule has 0 bridgehead atoms. The third-order valence-electron chi connectivity index (χ3n) is 6.99. The summed E-state index contributed by atoms with van der Waals surface area (Å²) in [7, 11) is 1.62. The number of aromatic amines is 1. The zero-order chi connectivity index (χ0) is 25.8. The molecule has 0 spiro atoms. The van der Waals surface area contributed by atoms with E-state index in [0.29, 0.717) is 50.3 Å². The lowest BCUT2D eigenvalue weighted by Crippen LogP contribution is -2.42. The fraction of sp³-hybridized carbons (Fsp3) is 0.500. The van der Waals surface area contributed by atoms with Gasteiger partial charge < -0.3 is 24.7 Å². The van der Waals surface area contributed by atoms with Gasteiger partial charge in [0, 0.05) is 61.1 Å². The van der Waals surface area contributed by atoms with Crippen molar-refractivity contribution in [3.8, 4) is 0 Å². The zero-order valence-electron chi connectivity index (χ0n) is 21.7. The maximum absolute atomic E-state index is 13.4. The SMILES string of the molecule is CON(CCN1CCOCC1)c1cc(C(=O)Nc2ccc3[nH]c(C)c(C)c3c2)nc(N2CCOCC2)n1. The molecule has 2 fully saturated rings. The van der Waals surface area contributed by atoms with Crippen LogP contribution in [0.25, 0.3) is 10.9 Å². The molecule has 198 valence electrons. The number of amides is 1. The predicted octanol–water partition coefficient (Wildman–Crippen LogP) is 2.36. The van der Waals surface area contributed by atoms with Crippen LogP contribution in [0.4, 0.5) is 17.5 Å². The number of fused-ring (bicyclic) bond motifs is 1. The Morgan fingerprint density at radius 2 is 1.81 bits per heavy atom. The van der Waals surface area contributed by atoms with Gasteiger partial charge in [0.25, 0.3) is 5.91 Å². The number of aryl methyl sites for hydroxylation is 2. The molecule has 0 saturated carbocycles. The van der Waals surface area contributed by atoms with Gasteiger partial charge >= 0.3 is 0 Å². The van der Waals surface area contributed by atoms with E-state index in [0.717, 1.165) is 49.4 Å². The molecule has 37 heavy (non-hydrogen) atoms. The summed E-state index contributed by atoms with van der Waals surface area (Å²) in [5.41, 5.74) is 4.32. The molecule has 3 aromatic rings. The molecule has 0 aliphatic carbocycles. The van der Waals surface area contributed by atoms with Gasteiger partial charge in [-0.2, -0.15) is 4.98 Å². The van der Waals surface area contributed by atoms with E-state index in [2.05, 4.69) is 27.1 Å². The summed E-state index contributed by atoms with van der Waals surface area (Å²) in [5, 5.41) is 5.82. The summed E-state index contributed by atoms with van der Waals surface area (Å²) in [6.07, 6.45) is 0. The first-order valence-electron chi connectivity index (χ1n) is 12.8.